The molecule has 2 bridgehead atoms. The Labute approximate surface area is 155 Å². The van der Waals surface area contributed by atoms with Crippen LogP contribution < -0.4 is 0 Å². The SMILES string of the molecule is C[C@]12OC(=N)[C@](C#N)([C@H](c3ccco3)O1)C(C#N)(C#N)[C@H]2c1ccccc1. The van der Waals surface area contributed by atoms with E-state index in [-0.39, 0.29) is 5.76 Å². The first-order valence-electron chi connectivity index (χ1n) is 8.27. The van der Waals surface area contributed by atoms with Crippen LogP contribution in [-0.2, 0) is 9.47 Å². The third kappa shape index (κ3) is 1.83. The smallest absolute Gasteiger partial charge is 0.219 e. The fraction of sp³-hybridized carbons (Fsp3) is 0.300. The van der Waals surface area contributed by atoms with Crippen molar-refractivity contribution in [1.29, 1.82) is 21.2 Å². The van der Waals surface area contributed by atoms with Gasteiger partial charge in [0.25, 0.3) is 0 Å². The Morgan fingerprint density at radius 3 is 2.26 bits per heavy atom. The van der Waals surface area contributed by atoms with Gasteiger partial charge in [0.2, 0.25) is 11.7 Å². The largest absolute Gasteiger partial charge is 0.467 e. The highest BCUT2D eigenvalue weighted by Gasteiger charge is 2.80. The molecule has 1 aromatic carbocycles. The molecule has 0 amide bonds. The van der Waals surface area contributed by atoms with E-state index >= 15 is 0 Å². The molecule has 0 saturated carbocycles. The summed E-state index contributed by atoms with van der Waals surface area (Å²) in [5.74, 6) is -2.60. The molecule has 3 aliphatic heterocycles. The monoisotopic (exact) mass is 358 g/mol. The molecule has 0 spiro atoms. The number of furan rings is 1. The van der Waals surface area contributed by atoms with Crippen LogP contribution in [0, 0.1) is 50.2 Å². The van der Waals surface area contributed by atoms with Crippen LogP contribution in [0.25, 0.3) is 0 Å². The summed E-state index contributed by atoms with van der Waals surface area (Å²) in [6.45, 7) is 1.58. The number of nitrogens with one attached hydrogen (secondary N) is 1. The minimum atomic E-state index is -1.98. The van der Waals surface area contributed by atoms with Gasteiger partial charge in [0.15, 0.2) is 10.8 Å². The van der Waals surface area contributed by atoms with Gasteiger partial charge in [-0.3, -0.25) is 5.41 Å². The number of ether oxygens (including phenoxy) is 2. The summed E-state index contributed by atoms with van der Waals surface area (Å²) in [4.78, 5) is 0. The van der Waals surface area contributed by atoms with Crippen molar-refractivity contribution in [1.82, 2.24) is 0 Å². The van der Waals surface area contributed by atoms with Gasteiger partial charge in [0.05, 0.1) is 30.4 Å². The highest BCUT2D eigenvalue weighted by atomic mass is 16.7. The molecule has 5 rings (SSSR count). The van der Waals surface area contributed by atoms with Gasteiger partial charge in [0, 0.05) is 6.92 Å². The Morgan fingerprint density at radius 2 is 1.70 bits per heavy atom. The summed E-state index contributed by atoms with van der Waals surface area (Å²) in [5.41, 5.74) is -3.27. The van der Waals surface area contributed by atoms with Crippen molar-refractivity contribution in [2.45, 2.75) is 24.7 Å². The van der Waals surface area contributed by atoms with E-state index in [4.69, 9.17) is 19.3 Å². The second-order valence-electron chi connectivity index (χ2n) is 6.76. The number of rotatable bonds is 2. The number of hydrogen-bond donors (Lipinski definition) is 1. The van der Waals surface area contributed by atoms with E-state index in [2.05, 4.69) is 12.1 Å². The Kier molecular flexibility index (Phi) is 3.40. The number of benzene rings is 1. The zero-order valence-corrected chi connectivity index (χ0v) is 14.3. The first-order chi connectivity index (χ1) is 13.0. The Hall–Kier alpha value is -3.60. The van der Waals surface area contributed by atoms with Gasteiger partial charge >= 0.3 is 0 Å². The third-order valence-electron chi connectivity index (χ3n) is 5.45. The minimum absolute atomic E-state index is 0.261. The van der Waals surface area contributed by atoms with Crippen molar-refractivity contribution in [2.24, 2.45) is 10.8 Å². The van der Waals surface area contributed by atoms with Crippen LogP contribution in [0.15, 0.2) is 53.1 Å². The predicted octanol–water partition coefficient (Wildman–Crippen LogP) is 3.40. The zero-order chi connectivity index (χ0) is 19.3. The quantitative estimate of drug-likeness (QED) is 0.876. The minimum Gasteiger partial charge on any atom is -0.467 e. The van der Waals surface area contributed by atoms with Crippen molar-refractivity contribution in [3.05, 3.63) is 60.1 Å². The maximum Gasteiger partial charge on any atom is 0.219 e. The van der Waals surface area contributed by atoms with Crippen molar-refractivity contribution < 1.29 is 13.9 Å². The van der Waals surface area contributed by atoms with Crippen molar-refractivity contribution in [3.8, 4) is 18.2 Å². The number of nitrogens with zero attached hydrogens (tertiary/aromatic N) is 3. The average molecular weight is 358 g/mol. The predicted molar refractivity (Wildman–Crippen MR) is 90.6 cm³/mol. The molecular weight excluding hydrogens is 344 g/mol. The fourth-order valence-corrected chi connectivity index (χ4v) is 4.32. The molecule has 1 aromatic heterocycles. The van der Waals surface area contributed by atoms with Gasteiger partial charge in [-0.05, 0) is 17.7 Å². The van der Waals surface area contributed by atoms with E-state index in [1.54, 1.807) is 43.3 Å². The molecule has 0 aliphatic carbocycles. The highest BCUT2D eigenvalue weighted by molar-refractivity contribution is 5.89. The van der Waals surface area contributed by atoms with Crippen LogP contribution in [0.5, 0.6) is 0 Å². The number of nitriles is 3. The summed E-state index contributed by atoms with van der Waals surface area (Å²) in [6.07, 6.45) is 0.288. The molecule has 3 aliphatic rings. The lowest BCUT2D eigenvalue weighted by atomic mass is 9.50. The summed E-state index contributed by atoms with van der Waals surface area (Å²) in [6, 6.07) is 18.2. The molecule has 4 heterocycles. The molecule has 0 unspecified atom stereocenters. The summed E-state index contributed by atoms with van der Waals surface area (Å²) >= 11 is 0. The van der Waals surface area contributed by atoms with E-state index in [0.29, 0.717) is 5.56 Å². The van der Waals surface area contributed by atoms with Crippen molar-refractivity contribution >= 4 is 5.90 Å². The lowest BCUT2D eigenvalue weighted by Crippen LogP contribution is -2.70. The Bertz CT molecular complexity index is 1010. The maximum atomic E-state index is 10.2. The van der Waals surface area contributed by atoms with Crippen LogP contribution >= 0.6 is 0 Å². The third-order valence-corrected chi connectivity index (χ3v) is 5.45. The normalized spacial score (nSPS) is 33.3. The van der Waals surface area contributed by atoms with E-state index in [1.807, 2.05) is 12.1 Å². The summed E-state index contributed by atoms with van der Waals surface area (Å²) < 4.78 is 17.3. The lowest BCUT2D eigenvalue weighted by molar-refractivity contribution is -0.326. The molecular formula is C20H14N4O3. The molecule has 7 nitrogen and oxygen atoms in total. The van der Waals surface area contributed by atoms with Gasteiger partial charge in [-0.15, -0.1) is 0 Å². The van der Waals surface area contributed by atoms with Crippen LogP contribution in [0.2, 0.25) is 0 Å². The number of hydrogen-bond acceptors (Lipinski definition) is 7. The van der Waals surface area contributed by atoms with E-state index in [9.17, 15) is 15.8 Å². The number of fused-ring (bicyclic) bond motifs is 3. The highest BCUT2D eigenvalue weighted by Crippen LogP contribution is 2.69. The van der Waals surface area contributed by atoms with E-state index in [0.717, 1.165) is 0 Å². The Morgan fingerprint density at radius 1 is 1.00 bits per heavy atom. The zero-order valence-electron chi connectivity index (χ0n) is 14.3. The van der Waals surface area contributed by atoms with Gasteiger partial charge in [-0.25, -0.2) is 0 Å². The van der Waals surface area contributed by atoms with Gasteiger partial charge < -0.3 is 13.9 Å². The first kappa shape index (κ1) is 16.8. The van der Waals surface area contributed by atoms with Gasteiger partial charge in [-0.2, -0.15) is 15.8 Å². The maximum absolute atomic E-state index is 10.2. The van der Waals surface area contributed by atoms with Gasteiger partial charge in [-0.1, -0.05) is 30.3 Å². The second kappa shape index (κ2) is 5.45. The fourth-order valence-electron chi connectivity index (χ4n) is 4.32. The molecule has 132 valence electrons. The molecule has 7 heteroatoms. The molecule has 0 radical (unpaired) electrons. The molecule has 1 N–H and O–H groups in total. The second-order valence-corrected chi connectivity index (χ2v) is 6.76. The van der Waals surface area contributed by atoms with Crippen LogP contribution in [0.1, 0.15) is 30.3 Å². The molecule has 4 atom stereocenters. The van der Waals surface area contributed by atoms with Crippen LogP contribution in [0.3, 0.4) is 0 Å². The van der Waals surface area contributed by atoms with Crippen molar-refractivity contribution in [3.63, 3.8) is 0 Å². The molecule has 3 fully saturated rings. The van der Waals surface area contributed by atoms with E-state index in [1.165, 1.54) is 6.26 Å². The topological polar surface area (TPSA) is 127 Å². The molecule has 2 aromatic rings. The Balaban J connectivity index is 2.06. The summed E-state index contributed by atoms with van der Waals surface area (Å²) in [7, 11) is 0. The summed E-state index contributed by atoms with van der Waals surface area (Å²) in [5, 5.41) is 38.9. The van der Waals surface area contributed by atoms with E-state index < -0.39 is 34.5 Å². The van der Waals surface area contributed by atoms with Gasteiger partial charge in [0.1, 0.15) is 11.9 Å². The average Bonchev–Trinajstić information content (AvgIpc) is 3.21. The standard InChI is InChI=1S/C20H14N4O3/c1-18-15(13-6-3-2-4-7-13)19(10-21,11-22)20(12-23,17(24)27-18)16(26-18)14-8-5-9-25-14/h2-9,15-16,24H,1H3/t15-,16-,18+,20-/m0/s1. The lowest BCUT2D eigenvalue weighted by Gasteiger charge is -2.60. The molecule has 3 saturated heterocycles. The van der Waals surface area contributed by atoms with Crippen LogP contribution in [0.4, 0.5) is 0 Å². The van der Waals surface area contributed by atoms with Crippen LogP contribution in [-0.4, -0.2) is 11.7 Å². The molecule has 27 heavy (non-hydrogen) atoms. The van der Waals surface area contributed by atoms with Crippen molar-refractivity contribution in [2.75, 3.05) is 0 Å². The first-order valence-corrected chi connectivity index (χ1v) is 8.27.